The maximum atomic E-state index is 11.6. The van der Waals surface area contributed by atoms with Crippen molar-refractivity contribution in [2.45, 2.75) is 52.7 Å². The smallest absolute Gasteiger partial charge is 0.223 e. The molecule has 0 radical (unpaired) electrons. The molecule has 0 fully saturated rings. The fourth-order valence-corrected chi connectivity index (χ4v) is 6.49. The Morgan fingerprint density at radius 3 is 2.15 bits per heavy atom. The van der Waals surface area contributed by atoms with Gasteiger partial charge in [0.2, 0.25) is 5.43 Å². The van der Waals surface area contributed by atoms with Gasteiger partial charge >= 0.3 is 0 Å². The minimum atomic E-state index is -0.344. The maximum Gasteiger partial charge on any atom is 0.223 e. The van der Waals surface area contributed by atoms with Gasteiger partial charge in [-0.05, 0) is 78.8 Å². The van der Waals surface area contributed by atoms with Crippen LogP contribution >= 0.6 is 0 Å². The second kappa shape index (κ2) is 17.5. The fraction of sp³-hybridized carbons (Fsp3) is 0.250. The topological polar surface area (TPSA) is 85.4 Å². The zero-order chi connectivity index (χ0) is 36.3. The molecule has 0 aliphatic rings. The number of nitrogens with zero attached hydrogens (tertiary/aromatic N) is 5. The zero-order valence-electron chi connectivity index (χ0n) is 30.3. The normalized spacial score (nSPS) is 11.8. The van der Waals surface area contributed by atoms with Crippen LogP contribution in [0.5, 0.6) is 11.5 Å². The Bertz CT molecular complexity index is 2120. The van der Waals surface area contributed by atoms with Crippen LogP contribution in [-0.2, 0) is 19.6 Å². The molecule has 0 aliphatic carbocycles. The van der Waals surface area contributed by atoms with Crippen LogP contribution in [0.2, 0.25) is 0 Å². The summed E-state index contributed by atoms with van der Waals surface area (Å²) in [6.45, 7) is 7.65. The van der Waals surface area contributed by atoms with Gasteiger partial charge in [0.1, 0.15) is 18.1 Å². The van der Waals surface area contributed by atoms with E-state index in [1.807, 2.05) is 15.4 Å². The van der Waals surface area contributed by atoms with E-state index in [0.29, 0.717) is 12.3 Å². The van der Waals surface area contributed by atoms with Crippen molar-refractivity contribution in [3.8, 4) is 22.8 Å². The number of likely N-dealkylation sites (N-methyl/N-ethyl adjacent to an activating group) is 1. The molecule has 266 valence electrons. The first-order valence-electron chi connectivity index (χ1n) is 18.0. The van der Waals surface area contributed by atoms with E-state index in [4.69, 9.17) is 4.74 Å². The molecule has 0 bridgehead atoms. The standard InChI is InChI=1S/C44H47N5O3/c1-4-40(35-13-7-5-8-14-35)43(37-15-9-6-10-16-37)38-21-23-39(24-22-38)52-30-29-47(3)31-34-17-19-36(20-18-34)41-32-49(46-45-41)27-12-11-26-48-28-25-42(50)44(51)33(48)2/h5-10,13-25,28,32,51H,4,11-12,26-27,29-31H2,1-3H3/b43-40-. The second-order valence-corrected chi connectivity index (χ2v) is 13.1. The summed E-state index contributed by atoms with van der Waals surface area (Å²) in [5.74, 6) is 0.688. The SMILES string of the molecule is CC/C(=C(\c1ccccc1)c1ccc(OCCN(C)Cc2ccc(-c3cn(CCCCn4ccc(=O)c(O)c4C)nn3)cc2)cc1)c1ccccc1. The molecule has 0 unspecified atom stereocenters. The number of aromatic nitrogens is 4. The largest absolute Gasteiger partial charge is 0.503 e. The third-order valence-corrected chi connectivity index (χ3v) is 9.41. The van der Waals surface area contributed by atoms with Crippen LogP contribution in [0.4, 0.5) is 0 Å². The van der Waals surface area contributed by atoms with Crippen LogP contribution in [0, 0.1) is 6.92 Å². The molecule has 8 nitrogen and oxygen atoms in total. The van der Waals surface area contributed by atoms with Crippen molar-refractivity contribution in [1.29, 1.82) is 0 Å². The van der Waals surface area contributed by atoms with E-state index in [9.17, 15) is 9.90 Å². The number of unbranched alkanes of at least 4 members (excludes halogenated alkanes) is 1. The quantitative estimate of drug-likeness (QED) is 0.0809. The van der Waals surface area contributed by atoms with E-state index in [0.717, 1.165) is 62.4 Å². The molecule has 8 heteroatoms. The lowest BCUT2D eigenvalue weighted by molar-refractivity contribution is 0.233. The average Bonchev–Trinajstić information content (AvgIpc) is 3.66. The molecule has 0 aliphatic heterocycles. The van der Waals surface area contributed by atoms with Crippen molar-refractivity contribution in [3.05, 3.63) is 166 Å². The summed E-state index contributed by atoms with van der Waals surface area (Å²) in [4.78, 5) is 13.9. The summed E-state index contributed by atoms with van der Waals surface area (Å²) in [5, 5.41) is 18.6. The molecule has 0 atom stereocenters. The van der Waals surface area contributed by atoms with Crippen molar-refractivity contribution in [2.24, 2.45) is 0 Å². The van der Waals surface area contributed by atoms with Gasteiger partial charge < -0.3 is 14.4 Å². The monoisotopic (exact) mass is 693 g/mol. The lowest BCUT2D eigenvalue weighted by atomic mass is 9.88. The predicted octanol–water partition coefficient (Wildman–Crippen LogP) is 8.48. The summed E-state index contributed by atoms with van der Waals surface area (Å²) in [6, 6.07) is 39.7. The van der Waals surface area contributed by atoms with Crippen molar-refractivity contribution in [1.82, 2.24) is 24.5 Å². The van der Waals surface area contributed by atoms with Gasteiger partial charge in [0.05, 0.1) is 11.9 Å². The first-order valence-corrected chi connectivity index (χ1v) is 18.0. The van der Waals surface area contributed by atoms with Crippen molar-refractivity contribution in [3.63, 3.8) is 0 Å². The van der Waals surface area contributed by atoms with E-state index in [1.54, 1.807) is 13.1 Å². The zero-order valence-corrected chi connectivity index (χ0v) is 30.3. The number of hydrogen-bond donors (Lipinski definition) is 1. The molecule has 0 spiro atoms. The van der Waals surface area contributed by atoms with E-state index in [2.05, 4.69) is 138 Å². The highest BCUT2D eigenvalue weighted by Crippen LogP contribution is 2.35. The molecule has 1 N–H and O–H groups in total. The minimum Gasteiger partial charge on any atom is -0.503 e. The van der Waals surface area contributed by atoms with E-state index >= 15 is 0 Å². The van der Waals surface area contributed by atoms with E-state index in [1.165, 1.54) is 39.5 Å². The Hall–Kier alpha value is -5.73. The van der Waals surface area contributed by atoms with Gasteiger partial charge in [-0.1, -0.05) is 109 Å². The molecule has 4 aromatic carbocycles. The van der Waals surface area contributed by atoms with Crippen LogP contribution in [0.15, 0.2) is 132 Å². The van der Waals surface area contributed by atoms with Gasteiger partial charge in [0, 0.05) is 44.0 Å². The van der Waals surface area contributed by atoms with Crippen molar-refractivity contribution in [2.75, 3.05) is 20.2 Å². The molecule has 0 saturated carbocycles. The Morgan fingerprint density at radius 1 is 0.808 bits per heavy atom. The van der Waals surface area contributed by atoms with Crippen molar-refractivity contribution < 1.29 is 9.84 Å². The Labute approximate surface area is 306 Å². The second-order valence-electron chi connectivity index (χ2n) is 13.1. The Morgan fingerprint density at radius 2 is 1.46 bits per heavy atom. The number of pyridine rings is 1. The molecular formula is C44H47N5O3. The number of hydrogen-bond acceptors (Lipinski definition) is 6. The minimum absolute atomic E-state index is 0.177. The van der Waals surface area contributed by atoms with E-state index < -0.39 is 0 Å². The average molecular weight is 694 g/mol. The number of allylic oxidation sites excluding steroid dienone is 1. The van der Waals surface area contributed by atoms with E-state index in [-0.39, 0.29) is 11.2 Å². The third kappa shape index (κ3) is 9.13. The third-order valence-electron chi connectivity index (χ3n) is 9.41. The summed E-state index contributed by atoms with van der Waals surface area (Å²) in [5.41, 5.74) is 9.57. The molecule has 52 heavy (non-hydrogen) atoms. The fourth-order valence-electron chi connectivity index (χ4n) is 6.49. The first-order chi connectivity index (χ1) is 25.4. The predicted molar refractivity (Wildman–Crippen MR) is 209 cm³/mol. The lowest BCUT2D eigenvalue weighted by Crippen LogP contribution is -2.23. The number of benzene rings is 4. The highest BCUT2D eigenvalue weighted by molar-refractivity contribution is 5.98. The van der Waals surface area contributed by atoms with Gasteiger partial charge in [-0.15, -0.1) is 5.10 Å². The summed E-state index contributed by atoms with van der Waals surface area (Å²) in [7, 11) is 2.11. The summed E-state index contributed by atoms with van der Waals surface area (Å²) < 4.78 is 9.95. The highest BCUT2D eigenvalue weighted by Gasteiger charge is 2.13. The first kappa shape index (κ1) is 36.1. The van der Waals surface area contributed by atoms with Crippen LogP contribution in [0.25, 0.3) is 22.4 Å². The summed E-state index contributed by atoms with van der Waals surface area (Å²) >= 11 is 0. The van der Waals surface area contributed by atoms with Gasteiger partial charge in [0.15, 0.2) is 5.75 Å². The van der Waals surface area contributed by atoms with Crippen LogP contribution in [0.1, 0.15) is 54.1 Å². The molecule has 2 heterocycles. The lowest BCUT2D eigenvalue weighted by Gasteiger charge is -2.18. The van der Waals surface area contributed by atoms with Crippen LogP contribution in [-0.4, -0.2) is 49.8 Å². The summed E-state index contributed by atoms with van der Waals surface area (Å²) in [6.07, 6.45) is 6.43. The molecule has 6 rings (SSSR count). The molecule has 2 aromatic heterocycles. The molecule has 0 saturated heterocycles. The Balaban J connectivity index is 0.978. The van der Waals surface area contributed by atoms with Gasteiger partial charge in [0.25, 0.3) is 0 Å². The van der Waals surface area contributed by atoms with Gasteiger partial charge in [-0.2, -0.15) is 0 Å². The number of ether oxygens (including phenoxy) is 1. The highest BCUT2D eigenvalue weighted by atomic mass is 16.5. The maximum absolute atomic E-state index is 11.6. The Kier molecular flexibility index (Phi) is 12.1. The van der Waals surface area contributed by atoms with Gasteiger partial charge in [-0.3, -0.25) is 14.4 Å². The number of aromatic hydroxyl groups is 1. The number of rotatable bonds is 16. The van der Waals surface area contributed by atoms with Crippen LogP contribution < -0.4 is 10.2 Å². The van der Waals surface area contributed by atoms with Gasteiger partial charge in [-0.25, -0.2) is 0 Å². The molecule has 6 aromatic rings. The van der Waals surface area contributed by atoms with Crippen molar-refractivity contribution >= 4 is 11.1 Å². The van der Waals surface area contributed by atoms with Crippen LogP contribution in [0.3, 0.4) is 0 Å². The molecular weight excluding hydrogens is 647 g/mol. The number of aryl methyl sites for hydroxylation is 2. The molecule has 0 amide bonds.